The minimum atomic E-state index is 0. The zero-order valence-corrected chi connectivity index (χ0v) is 20.3. The van der Waals surface area contributed by atoms with Crippen LogP contribution in [0.5, 0.6) is 0 Å². The highest BCUT2D eigenvalue weighted by molar-refractivity contribution is 14.0. The van der Waals surface area contributed by atoms with Gasteiger partial charge in [0.2, 0.25) is 0 Å². The highest BCUT2D eigenvalue weighted by Crippen LogP contribution is 2.40. The van der Waals surface area contributed by atoms with Crippen LogP contribution < -0.4 is 10.6 Å². The number of aryl methyl sites for hydroxylation is 1. The van der Waals surface area contributed by atoms with Crippen molar-refractivity contribution < 1.29 is 4.74 Å². The normalized spacial score (nSPS) is 23.2. The number of benzene rings is 1. The van der Waals surface area contributed by atoms with Gasteiger partial charge in [-0.1, -0.05) is 30.3 Å². The van der Waals surface area contributed by atoms with Gasteiger partial charge in [0, 0.05) is 48.4 Å². The molecule has 0 amide bonds. The van der Waals surface area contributed by atoms with E-state index in [2.05, 4.69) is 69.9 Å². The van der Waals surface area contributed by atoms with Crippen LogP contribution in [-0.2, 0) is 4.74 Å². The molecule has 0 spiro atoms. The number of ether oxygens (including phenoxy) is 1. The number of hydrogen-bond donors (Lipinski definition) is 2. The first kappa shape index (κ1) is 22.5. The van der Waals surface area contributed by atoms with E-state index < -0.39 is 0 Å². The van der Waals surface area contributed by atoms with E-state index in [-0.39, 0.29) is 24.0 Å². The lowest BCUT2D eigenvalue weighted by Gasteiger charge is -2.34. The van der Waals surface area contributed by atoms with Gasteiger partial charge in [0.05, 0.1) is 19.3 Å². The summed E-state index contributed by atoms with van der Waals surface area (Å²) in [5, 5.41) is 7.18. The van der Waals surface area contributed by atoms with Crippen LogP contribution in [0.2, 0.25) is 0 Å². The Balaban J connectivity index is 0.00000240. The smallest absolute Gasteiger partial charge is 0.191 e. The fourth-order valence-corrected chi connectivity index (χ4v) is 4.93. The summed E-state index contributed by atoms with van der Waals surface area (Å²) < 4.78 is 5.56. The van der Waals surface area contributed by atoms with Crippen LogP contribution >= 0.6 is 35.3 Å². The first-order valence-electron chi connectivity index (χ1n) is 10.1. The molecule has 4 rings (SSSR count). The van der Waals surface area contributed by atoms with Crippen LogP contribution in [0, 0.1) is 6.92 Å². The Labute approximate surface area is 195 Å². The fraction of sp³-hybridized carbons (Fsp3) is 0.500. The third-order valence-electron chi connectivity index (χ3n) is 5.60. The lowest BCUT2D eigenvalue weighted by Crippen LogP contribution is -2.46. The van der Waals surface area contributed by atoms with E-state index in [1.807, 2.05) is 18.4 Å². The summed E-state index contributed by atoms with van der Waals surface area (Å²) in [6, 6.07) is 16.1. The molecule has 2 aliphatic rings. The van der Waals surface area contributed by atoms with Gasteiger partial charge in [-0.15, -0.1) is 35.3 Å². The standard InChI is InChI=1S/C22H30N4OS.HI/c1-16-8-9-21(28-16)20(26-10-12-27-13-11-26)15-24-22(23-2)25-19-14-18(19)17-6-4-3-5-7-17;/h3-9,18-20H,10-15H2,1-2H3,(H2,23,24,25);1H. The van der Waals surface area contributed by atoms with Gasteiger partial charge in [-0.25, -0.2) is 0 Å². The second kappa shape index (κ2) is 10.7. The van der Waals surface area contributed by atoms with Crippen molar-refractivity contribution >= 4 is 41.3 Å². The van der Waals surface area contributed by atoms with E-state index in [1.54, 1.807) is 0 Å². The molecule has 2 aromatic rings. The topological polar surface area (TPSA) is 48.9 Å². The molecule has 1 aromatic carbocycles. The number of aliphatic imine (C=N–C) groups is 1. The maximum atomic E-state index is 5.56. The van der Waals surface area contributed by atoms with Crippen LogP contribution in [0.1, 0.15) is 33.7 Å². The number of hydrogen-bond acceptors (Lipinski definition) is 4. The van der Waals surface area contributed by atoms with E-state index in [0.29, 0.717) is 18.0 Å². The van der Waals surface area contributed by atoms with Crippen molar-refractivity contribution in [2.24, 2.45) is 4.99 Å². The van der Waals surface area contributed by atoms with Crippen molar-refractivity contribution in [3.63, 3.8) is 0 Å². The molecular formula is C22H31IN4OS. The molecule has 1 aliphatic heterocycles. The van der Waals surface area contributed by atoms with Crippen molar-refractivity contribution in [3.8, 4) is 0 Å². The van der Waals surface area contributed by atoms with Crippen molar-refractivity contribution in [2.75, 3.05) is 39.9 Å². The third-order valence-corrected chi connectivity index (χ3v) is 6.70. The van der Waals surface area contributed by atoms with Crippen molar-refractivity contribution in [3.05, 3.63) is 57.8 Å². The average molecular weight is 526 g/mol. The van der Waals surface area contributed by atoms with Crippen LogP contribution in [0.25, 0.3) is 0 Å². The lowest BCUT2D eigenvalue weighted by molar-refractivity contribution is 0.0177. The summed E-state index contributed by atoms with van der Waals surface area (Å²) >= 11 is 1.89. The van der Waals surface area contributed by atoms with Crippen LogP contribution in [0.3, 0.4) is 0 Å². The summed E-state index contributed by atoms with van der Waals surface area (Å²) in [5.41, 5.74) is 1.41. The molecule has 158 valence electrons. The highest BCUT2D eigenvalue weighted by atomic mass is 127. The van der Waals surface area contributed by atoms with Crippen molar-refractivity contribution in [1.82, 2.24) is 15.5 Å². The quantitative estimate of drug-likeness (QED) is 0.342. The molecule has 2 N–H and O–H groups in total. The molecule has 1 aliphatic carbocycles. The van der Waals surface area contributed by atoms with Gasteiger partial charge < -0.3 is 15.4 Å². The number of nitrogens with one attached hydrogen (secondary N) is 2. The van der Waals surface area contributed by atoms with Gasteiger partial charge in [-0.3, -0.25) is 9.89 Å². The van der Waals surface area contributed by atoms with Gasteiger partial charge >= 0.3 is 0 Å². The number of halogens is 1. The fourth-order valence-electron chi connectivity index (χ4n) is 3.92. The zero-order chi connectivity index (χ0) is 19.3. The molecule has 7 heteroatoms. The second-order valence-electron chi connectivity index (χ2n) is 7.57. The molecule has 3 unspecified atom stereocenters. The lowest BCUT2D eigenvalue weighted by atomic mass is 10.1. The molecule has 0 bridgehead atoms. The number of morpholine rings is 1. The zero-order valence-electron chi connectivity index (χ0n) is 17.1. The molecule has 2 heterocycles. The first-order chi connectivity index (χ1) is 13.7. The Bertz CT molecular complexity index is 791. The predicted molar refractivity (Wildman–Crippen MR) is 132 cm³/mol. The Morgan fingerprint density at radius 2 is 1.97 bits per heavy atom. The molecule has 3 atom stereocenters. The van der Waals surface area contributed by atoms with Gasteiger partial charge in [0.15, 0.2) is 5.96 Å². The molecule has 2 fully saturated rings. The van der Waals surface area contributed by atoms with E-state index in [0.717, 1.165) is 38.8 Å². The van der Waals surface area contributed by atoms with Crippen LogP contribution in [0.4, 0.5) is 0 Å². The predicted octanol–water partition coefficient (Wildman–Crippen LogP) is 3.77. The molecule has 1 saturated carbocycles. The summed E-state index contributed by atoms with van der Waals surface area (Å²) in [4.78, 5) is 9.77. The maximum Gasteiger partial charge on any atom is 0.191 e. The SMILES string of the molecule is CN=C(NCC(c1ccc(C)s1)N1CCOCC1)NC1CC1c1ccccc1.I. The summed E-state index contributed by atoms with van der Waals surface area (Å²) in [6.07, 6.45) is 1.17. The molecule has 29 heavy (non-hydrogen) atoms. The number of thiophene rings is 1. The summed E-state index contributed by atoms with van der Waals surface area (Å²) in [5.74, 6) is 1.49. The molecule has 0 radical (unpaired) electrons. The molecular weight excluding hydrogens is 495 g/mol. The van der Waals surface area contributed by atoms with Crippen molar-refractivity contribution in [1.29, 1.82) is 0 Å². The first-order valence-corrected chi connectivity index (χ1v) is 11.0. The summed E-state index contributed by atoms with van der Waals surface area (Å²) in [6.45, 7) is 6.61. The monoisotopic (exact) mass is 526 g/mol. The van der Waals surface area contributed by atoms with Crippen LogP contribution in [0.15, 0.2) is 47.5 Å². The minimum absolute atomic E-state index is 0. The van der Waals surface area contributed by atoms with Gasteiger partial charge in [0.1, 0.15) is 0 Å². The Hall–Kier alpha value is -1.16. The van der Waals surface area contributed by atoms with E-state index >= 15 is 0 Å². The Kier molecular flexibility index (Phi) is 8.35. The second-order valence-corrected chi connectivity index (χ2v) is 8.89. The molecule has 5 nitrogen and oxygen atoms in total. The van der Waals surface area contributed by atoms with Crippen LogP contribution in [-0.4, -0.2) is 56.8 Å². The Morgan fingerprint density at radius 3 is 2.62 bits per heavy atom. The largest absolute Gasteiger partial charge is 0.379 e. The number of rotatable bonds is 6. The van der Waals surface area contributed by atoms with E-state index in [1.165, 1.54) is 21.7 Å². The number of guanidine groups is 1. The average Bonchev–Trinajstić information content (AvgIpc) is 3.39. The van der Waals surface area contributed by atoms with Gasteiger partial charge in [0.25, 0.3) is 0 Å². The third kappa shape index (κ3) is 5.93. The van der Waals surface area contributed by atoms with E-state index in [9.17, 15) is 0 Å². The van der Waals surface area contributed by atoms with Gasteiger partial charge in [-0.05, 0) is 31.0 Å². The number of nitrogens with zero attached hydrogens (tertiary/aromatic N) is 2. The van der Waals surface area contributed by atoms with Crippen molar-refractivity contribution in [2.45, 2.75) is 31.3 Å². The maximum absolute atomic E-state index is 5.56. The van der Waals surface area contributed by atoms with Gasteiger partial charge in [-0.2, -0.15) is 0 Å². The minimum Gasteiger partial charge on any atom is -0.379 e. The molecule has 1 saturated heterocycles. The Morgan fingerprint density at radius 1 is 1.21 bits per heavy atom. The molecule has 1 aromatic heterocycles. The summed E-state index contributed by atoms with van der Waals surface area (Å²) in [7, 11) is 1.86. The highest BCUT2D eigenvalue weighted by Gasteiger charge is 2.39. The van der Waals surface area contributed by atoms with E-state index in [4.69, 9.17) is 4.74 Å².